The van der Waals surface area contributed by atoms with Gasteiger partial charge in [-0.1, -0.05) is 6.07 Å². The average Bonchev–Trinajstić information content (AvgIpc) is 3.01. The van der Waals surface area contributed by atoms with E-state index >= 15 is 0 Å². The number of rotatable bonds is 2. The van der Waals surface area contributed by atoms with E-state index in [0.29, 0.717) is 13.1 Å². The molecule has 1 aromatic carbocycles. The molecule has 6 heteroatoms. The van der Waals surface area contributed by atoms with Crippen LogP contribution in [0.25, 0.3) is 0 Å². The van der Waals surface area contributed by atoms with Gasteiger partial charge in [-0.25, -0.2) is 0 Å². The molecule has 0 bridgehead atoms. The largest absolute Gasteiger partial charge is 0.369 e. The van der Waals surface area contributed by atoms with Crippen LogP contribution in [0.4, 0.5) is 11.4 Å². The van der Waals surface area contributed by atoms with E-state index in [-0.39, 0.29) is 18.2 Å². The molecule has 2 aliphatic rings. The number of benzene rings is 1. The molecule has 0 spiro atoms. The fourth-order valence-corrected chi connectivity index (χ4v) is 3.01. The van der Waals surface area contributed by atoms with E-state index < -0.39 is 11.8 Å². The minimum absolute atomic E-state index is 0.00587. The van der Waals surface area contributed by atoms with Crippen molar-refractivity contribution in [2.75, 3.05) is 22.9 Å². The standard InChI is InChI=1S/C15H17N3O3/c1-9(19)17-5-4-10-2-3-12(7-13(10)17)18-8-11(15(16)21)6-14(18)20/h2-3,7,11H,4-6,8H2,1H3,(H2,16,21). The summed E-state index contributed by atoms with van der Waals surface area (Å²) in [7, 11) is 0. The van der Waals surface area contributed by atoms with E-state index in [0.717, 1.165) is 23.4 Å². The van der Waals surface area contributed by atoms with Crippen LogP contribution >= 0.6 is 0 Å². The Morgan fingerprint density at radius 1 is 1.33 bits per heavy atom. The average molecular weight is 287 g/mol. The highest BCUT2D eigenvalue weighted by molar-refractivity contribution is 6.01. The molecule has 6 nitrogen and oxygen atoms in total. The molecule has 1 atom stereocenters. The Kier molecular flexibility index (Phi) is 3.16. The lowest BCUT2D eigenvalue weighted by atomic mass is 10.1. The summed E-state index contributed by atoms with van der Waals surface area (Å²) in [6, 6.07) is 5.66. The van der Waals surface area contributed by atoms with Crippen LogP contribution in [0.3, 0.4) is 0 Å². The lowest BCUT2D eigenvalue weighted by Crippen LogP contribution is -2.29. The molecule has 3 amide bonds. The Morgan fingerprint density at radius 3 is 2.71 bits per heavy atom. The Hall–Kier alpha value is -2.37. The second kappa shape index (κ2) is 4.87. The Bertz CT molecular complexity index is 641. The van der Waals surface area contributed by atoms with Gasteiger partial charge >= 0.3 is 0 Å². The fourth-order valence-electron chi connectivity index (χ4n) is 3.01. The van der Waals surface area contributed by atoms with Crippen LogP contribution in [0.15, 0.2) is 18.2 Å². The summed E-state index contributed by atoms with van der Waals surface area (Å²) in [6.07, 6.45) is 0.982. The van der Waals surface area contributed by atoms with Crippen molar-refractivity contribution in [2.24, 2.45) is 11.7 Å². The number of primary amides is 1. The third-order valence-corrected chi connectivity index (χ3v) is 4.18. The number of fused-ring (bicyclic) bond motifs is 1. The van der Waals surface area contributed by atoms with Crippen molar-refractivity contribution in [3.05, 3.63) is 23.8 Å². The van der Waals surface area contributed by atoms with E-state index in [1.165, 1.54) is 6.92 Å². The summed E-state index contributed by atoms with van der Waals surface area (Å²) < 4.78 is 0. The maximum absolute atomic E-state index is 12.0. The molecule has 0 aliphatic carbocycles. The summed E-state index contributed by atoms with van der Waals surface area (Å²) in [5.41, 5.74) is 7.96. The molecule has 0 aromatic heterocycles. The van der Waals surface area contributed by atoms with Crippen molar-refractivity contribution in [3.8, 4) is 0 Å². The van der Waals surface area contributed by atoms with Crippen molar-refractivity contribution in [2.45, 2.75) is 19.8 Å². The van der Waals surface area contributed by atoms with Gasteiger partial charge in [-0.3, -0.25) is 14.4 Å². The number of amides is 3. The van der Waals surface area contributed by atoms with Crippen molar-refractivity contribution in [3.63, 3.8) is 0 Å². The highest BCUT2D eigenvalue weighted by Crippen LogP contribution is 2.34. The zero-order valence-corrected chi connectivity index (χ0v) is 11.8. The summed E-state index contributed by atoms with van der Waals surface area (Å²) >= 11 is 0. The van der Waals surface area contributed by atoms with E-state index in [1.807, 2.05) is 18.2 Å². The minimum atomic E-state index is -0.447. The maximum Gasteiger partial charge on any atom is 0.227 e. The highest BCUT2D eigenvalue weighted by Gasteiger charge is 2.34. The molecule has 2 N–H and O–H groups in total. The van der Waals surface area contributed by atoms with Gasteiger partial charge in [0.05, 0.1) is 5.92 Å². The zero-order valence-electron chi connectivity index (χ0n) is 11.8. The Morgan fingerprint density at radius 2 is 2.10 bits per heavy atom. The molecule has 0 radical (unpaired) electrons. The van der Waals surface area contributed by atoms with E-state index in [2.05, 4.69) is 0 Å². The molecular formula is C15H17N3O3. The van der Waals surface area contributed by atoms with Crippen LogP contribution in [-0.4, -0.2) is 30.8 Å². The maximum atomic E-state index is 12.0. The first-order valence-corrected chi connectivity index (χ1v) is 6.98. The normalized spacial score (nSPS) is 20.8. The predicted molar refractivity (Wildman–Crippen MR) is 77.8 cm³/mol. The Labute approximate surface area is 122 Å². The van der Waals surface area contributed by atoms with Crippen LogP contribution in [-0.2, 0) is 20.8 Å². The molecule has 1 aromatic rings. The van der Waals surface area contributed by atoms with E-state index in [1.54, 1.807) is 9.80 Å². The molecule has 21 heavy (non-hydrogen) atoms. The molecule has 110 valence electrons. The molecule has 1 fully saturated rings. The number of nitrogens with zero attached hydrogens (tertiary/aromatic N) is 2. The van der Waals surface area contributed by atoms with Gasteiger partial charge in [-0.2, -0.15) is 0 Å². The number of anilines is 2. The molecule has 0 saturated carbocycles. The molecule has 1 saturated heterocycles. The smallest absolute Gasteiger partial charge is 0.227 e. The first kappa shape index (κ1) is 13.6. The van der Waals surface area contributed by atoms with Gasteiger partial charge in [0, 0.05) is 37.8 Å². The molecule has 2 aliphatic heterocycles. The monoisotopic (exact) mass is 287 g/mol. The molecular weight excluding hydrogens is 270 g/mol. The first-order chi connectivity index (χ1) is 9.97. The highest BCUT2D eigenvalue weighted by atomic mass is 16.2. The van der Waals surface area contributed by atoms with Gasteiger partial charge in [0.1, 0.15) is 0 Å². The van der Waals surface area contributed by atoms with Gasteiger partial charge in [0.15, 0.2) is 0 Å². The number of hydrogen-bond acceptors (Lipinski definition) is 3. The number of nitrogens with two attached hydrogens (primary N) is 1. The van der Waals surface area contributed by atoms with E-state index in [4.69, 9.17) is 5.73 Å². The van der Waals surface area contributed by atoms with Crippen molar-refractivity contribution in [1.82, 2.24) is 0 Å². The second-order valence-electron chi connectivity index (χ2n) is 5.54. The SMILES string of the molecule is CC(=O)N1CCc2ccc(N3CC(C(N)=O)CC3=O)cc21. The van der Waals surface area contributed by atoms with Crippen molar-refractivity contribution in [1.29, 1.82) is 0 Å². The number of carbonyl (C=O) groups is 3. The fraction of sp³-hybridized carbons (Fsp3) is 0.400. The zero-order chi connectivity index (χ0) is 15.1. The quantitative estimate of drug-likeness (QED) is 0.856. The molecule has 2 heterocycles. The van der Waals surface area contributed by atoms with E-state index in [9.17, 15) is 14.4 Å². The van der Waals surface area contributed by atoms with Crippen molar-refractivity contribution < 1.29 is 14.4 Å². The number of hydrogen-bond donors (Lipinski definition) is 1. The van der Waals surface area contributed by atoms with Crippen molar-refractivity contribution >= 4 is 29.1 Å². The summed E-state index contributed by atoms with van der Waals surface area (Å²) in [5.74, 6) is -0.994. The van der Waals surface area contributed by atoms with Gasteiger partial charge in [-0.15, -0.1) is 0 Å². The lowest BCUT2D eigenvalue weighted by molar-refractivity contribution is -0.123. The van der Waals surface area contributed by atoms with Crippen LogP contribution in [0.5, 0.6) is 0 Å². The molecule has 3 rings (SSSR count). The third kappa shape index (κ3) is 2.26. The molecule has 1 unspecified atom stereocenters. The van der Waals surface area contributed by atoms with Crippen LogP contribution in [0.1, 0.15) is 18.9 Å². The van der Waals surface area contributed by atoms with Crippen LogP contribution in [0, 0.1) is 5.92 Å². The summed E-state index contributed by atoms with van der Waals surface area (Å²) in [5, 5.41) is 0. The van der Waals surface area contributed by atoms with Crippen LogP contribution < -0.4 is 15.5 Å². The third-order valence-electron chi connectivity index (χ3n) is 4.18. The number of carbonyl (C=O) groups excluding carboxylic acids is 3. The van der Waals surface area contributed by atoms with Gasteiger partial charge in [-0.05, 0) is 24.1 Å². The topological polar surface area (TPSA) is 83.7 Å². The van der Waals surface area contributed by atoms with Gasteiger partial charge in [0.2, 0.25) is 17.7 Å². The van der Waals surface area contributed by atoms with Crippen LogP contribution in [0.2, 0.25) is 0 Å². The Balaban J connectivity index is 1.91. The minimum Gasteiger partial charge on any atom is -0.369 e. The second-order valence-corrected chi connectivity index (χ2v) is 5.54. The predicted octanol–water partition coefficient (Wildman–Crippen LogP) is 0.434. The first-order valence-electron chi connectivity index (χ1n) is 6.98. The summed E-state index contributed by atoms with van der Waals surface area (Å²) in [4.78, 5) is 38.2. The summed E-state index contributed by atoms with van der Waals surface area (Å²) in [6.45, 7) is 2.52. The van der Waals surface area contributed by atoms with Gasteiger partial charge in [0.25, 0.3) is 0 Å². The lowest BCUT2D eigenvalue weighted by Gasteiger charge is -2.20. The van der Waals surface area contributed by atoms with Gasteiger partial charge < -0.3 is 15.5 Å².